The van der Waals surface area contributed by atoms with Crippen molar-refractivity contribution >= 4 is 69.4 Å². The number of carbonyl (C=O) groups excluding carboxylic acids is 4. The molecule has 0 aliphatic carbocycles. The summed E-state index contributed by atoms with van der Waals surface area (Å²) in [6.07, 6.45) is 0. The summed E-state index contributed by atoms with van der Waals surface area (Å²) in [5.74, 6) is -2.34. The molecule has 12 nitrogen and oxygen atoms in total. The van der Waals surface area contributed by atoms with E-state index in [0.717, 1.165) is 0 Å². The lowest BCUT2D eigenvalue weighted by atomic mass is 10.3. The van der Waals surface area contributed by atoms with Crippen molar-refractivity contribution in [3.8, 4) is 0 Å². The van der Waals surface area contributed by atoms with Gasteiger partial charge in [0.05, 0.1) is 13.1 Å². The van der Waals surface area contributed by atoms with E-state index in [1.165, 1.54) is 6.92 Å². The zero-order chi connectivity index (χ0) is 21.8. The van der Waals surface area contributed by atoms with Crippen LogP contribution in [0.4, 0.5) is 0 Å². The molecular weight excluding hydrogens is 616 g/mol. The highest BCUT2D eigenvalue weighted by atomic mass is 127. The van der Waals surface area contributed by atoms with Gasteiger partial charge in [-0.3, -0.25) is 24.2 Å². The van der Waals surface area contributed by atoms with Crippen molar-refractivity contribution in [1.29, 1.82) is 0 Å². The zero-order valence-electron chi connectivity index (χ0n) is 16.3. The highest BCUT2D eigenvalue weighted by Crippen LogP contribution is 2.05. The Labute approximate surface area is 197 Å². The molecule has 1 N–H and O–H groups in total. The molecule has 14 heteroatoms. The molecular formula is C15H25I2N5O7. The molecule has 0 radical (unpaired) electrons. The first-order chi connectivity index (χ1) is 13.7. The molecule has 0 unspecified atom stereocenters. The Bertz CT molecular complexity index is 583. The molecule has 0 spiro atoms. The van der Waals surface area contributed by atoms with Gasteiger partial charge in [0.15, 0.2) is 0 Å². The molecule has 1 heterocycles. The summed E-state index contributed by atoms with van der Waals surface area (Å²) in [7, 11) is 0. The average Bonchev–Trinajstić information content (AvgIpc) is 2.61. The van der Waals surface area contributed by atoms with Gasteiger partial charge in [0.25, 0.3) is 0 Å². The fraction of sp³-hybridized carbons (Fsp3) is 0.733. The Morgan fingerprint density at radius 2 is 1.90 bits per heavy atom. The van der Waals surface area contributed by atoms with E-state index in [1.54, 1.807) is 6.23 Å². The molecule has 0 aromatic heterocycles. The smallest absolute Gasteiger partial charge is 0.306 e. The highest BCUT2D eigenvalue weighted by Gasteiger charge is 2.25. The molecule has 29 heavy (non-hydrogen) atoms. The number of halogens is 2. The lowest BCUT2D eigenvalue weighted by Crippen LogP contribution is -2.43. The van der Waals surface area contributed by atoms with Gasteiger partial charge in [-0.25, -0.2) is 20.6 Å². The minimum atomic E-state index is -0.811. The Morgan fingerprint density at radius 1 is 1.21 bits per heavy atom. The van der Waals surface area contributed by atoms with E-state index in [2.05, 4.69) is 5.32 Å². The van der Waals surface area contributed by atoms with Crippen LogP contribution in [0.3, 0.4) is 0 Å². The SMILES string of the molecule is CCN(I)CC(=O)ON1OC(=O)CNCCN(CC(C)=O)CCN(I)CC(=O)O1. The average molecular weight is 641 g/mol. The van der Waals surface area contributed by atoms with Crippen molar-refractivity contribution in [3.05, 3.63) is 0 Å². The van der Waals surface area contributed by atoms with Crippen LogP contribution in [0.25, 0.3) is 0 Å². The molecule has 0 bridgehead atoms. The van der Waals surface area contributed by atoms with E-state index in [-0.39, 0.29) is 37.4 Å². The third kappa shape index (κ3) is 12.6. The Hall–Kier alpha value is -0.660. The van der Waals surface area contributed by atoms with Crippen LogP contribution < -0.4 is 5.32 Å². The maximum Gasteiger partial charge on any atom is 0.347 e. The monoisotopic (exact) mass is 641 g/mol. The summed E-state index contributed by atoms with van der Waals surface area (Å²) in [5, 5.41) is 3.02. The molecule has 1 rings (SSSR count). The van der Waals surface area contributed by atoms with Crippen molar-refractivity contribution < 1.29 is 33.7 Å². The molecule has 1 fully saturated rings. The van der Waals surface area contributed by atoms with Crippen molar-refractivity contribution in [3.63, 3.8) is 0 Å². The number of carbonyl (C=O) groups is 4. The van der Waals surface area contributed by atoms with E-state index in [9.17, 15) is 19.2 Å². The largest absolute Gasteiger partial charge is 0.347 e. The van der Waals surface area contributed by atoms with Gasteiger partial charge in [0.2, 0.25) is 5.39 Å². The number of nitrogens with zero attached hydrogens (tertiary/aromatic N) is 4. The summed E-state index contributed by atoms with van der Waals surface area (Å²) < 4.78 is 3.28. The van der Waals surface area contributed by atoms with Crippen LogP contribution >= 0.6 is 45.7 Å². The number of Topliss-reactive ketones (excluding diaryl/α,β-unsaturated/α-hetero) is 1. The molecule has 0 aromatic carbocycles. The predicted molar refractivity (Wildman–Crippen MR) is 117 cm³/mol. The van der Waals surface area contributed by atoms with E-state index < -0.39 is 17.9 Å². The molecule has 0 aromatic rings. The maximum atomic E-state index is 12.1. The standard InChI is InChI=1S/C15H25I2N5O7/c1-3-20(16)10-14(25)28-22-27-13(24)8-18-4-5-19(9-12(2)23)6-7-21(17)11-15(26)29-22/h18H,3-11H2,1-2H3. The molecule has 1 saturated heterocycles. The molecule has 1 aliphatic heterocycles. The van der Waals surface area contributed by atoms with Crippen molar-refractivity contribution in [2.24, 2.45) is 0 Å². The van der Waals surface area contributed by atoms with Gasteiger partial charge < -0.3 is 5.32 Å². The second-order valence-electron chi connectivity index (χ2n) is 6.05. The molecule has 0 saturated carbocycles. The third-order valence-electron chi connectivity index (χ3n) is 3.45. The second-order valence-corrected chi connectivity index (χ2v) is 8.78. The number of hydrogen-bond acceptors (Lipinski definition) is 12. The Kier molecular flexibility index (Phi) is 13.1. The Morgan fingerprint density at radius 3 is 2.55 bits per heavy atom. The summed E-state index contributed by atoms with van der Waals surface area (Å²) in [6, 6.07) is 0. The number of rotatable bonds is 6. The van der Waals surface area contributed by atoms with Crippen molar-refractivity contribution in [2.45, 2.75) is 13.8 Å². The lowest BCUT2D eigenvalue weighted by molar-refractivity contribution is -0.463. The molecule has 0 amide bonds. The first kappa shape index (κ1) is 26.4. The summed E-state index contributed by atoms with van der Waals surface area (Å²) in [6.45, 7) is 5.77. The van der Waals surface area contributed by atoms with Crippen LogP contribution in [0.5, 0.6) is 0 Å². The van der Waals surface area contributed by atoms with Crippen molar-refractivity contribution in [2.75, 3.05) is 58.9 Å². The van der Waals surface area contributed by atoms with E-state index in [1.807, 2.05) is 57.6 Å². The fourth-order valence-electron chi connectivity index (χ4n) is 2.13. The second kappa shape index (κ2) is 14.4. The van der Waals surface area contributed by atoms with Crippen LogP contribution in [-0.4, -0.2) is 99.1 Å². The summed E-state index contributed by atoms with van der Waals surface area (Å²) in [5.41, 5.74) is 0. The molecule has 0 atom stereocenters. The van der Waals surface area contributed by atoms with E-state index in [0.29, 0.717) is 32.7 Å². The number of nitrogens with one attached hydrogen (secondary N) is 1. The maximum absolute atomic E-state index is 12.1. The first-order valence-corrected chi connectivity index (χ1v) is 10.8. The Balaban J connectivity index is 2.74. The van der Waals surface area contributed by atoms with E-state index >= 15 is 0 Å². The predicted octanol–water partition coefficient (Wildman–Crippen LogP) is -0.519. The summed E-state index contributed by atoms with van der Waals surface area (Å²) >= 11 is 3.88. The van der Waals surface area contributed by atoms with Gasteiger partial charge in [-0.2, -0.15) is 0 Å². The fourth-order valence-corrected chi connectivity index (χ4v) is 2.90. The lowest BCUT2D eigenvalue weighted by Gasteiger charge is -2.24. The third-order valence-corrected chi connectivity index (χ3v) is 5.30. The first-order valence-electron chi connectivity index (χ1n) is 8.86. The van der Waals surface area contributed by atoms with E-state index in [4.69, 9.17) is 14.5 Å². The van der Waals surface area contributed by atoms with Crippen molar-refractivity contribution in [1.82, 2.24) is 21.8 Å². The summed E-state index contributed by atoms with van der Waals surface area (Å²) in [4.78, 5) is 63.8. The zero-order valence-corrected chi connectivity index (χ0v) is 20.6. The van der Waals surface area contributed by atoms with Gasteiger partial charge in [-0.15, -0.1) is 0 Å². The van der Waals surface area contributed by atoms with Gasteiger partial charge in [-0.1, -0.05) is 6.92 Å². The van der Waals surface area contributed by atoms with Gasteiger partial charge in [0, 0.05) is 78.5 Å². The minimum absolute atomic E-state index is 0.0237. The van der Waals surface area contributed by atoms with Gasteiger partial charge in [-0.05, 0) is 6.92 Å². The quantitative estimate of drug-likeness (QED) is 0.297. The number of hydrogen-bond donors (Lipinski definition) is 1. The number of ketones is 1. The van der Waals surface area contributed by atoms with Crippen LogP contribution in [-0.2, 0) is 33.7 Å². The van der Waals surface area contributed by atoms with Crippen LogP contribution in [0, 0.1) is 0 Å². The van der Waals surface area contributed by atoms with Crippen LogP contribution in [0.2, 0.25) is 0 Å². The molecule has 166 valence electrons. The van der Waals surface area contributed by atoms with Crippen LogP contribution in [0.15, 0.2) is 0 Å². The van der Waals surface area contributed by atoms with Gasteiger partial charge in [0.1, 0.15) is 18.9 Å². The highest BCUT2D eigenvalue weighted by molar-refractivity contribution is 14.1. The number of likely N-dealkylation sites (N-methyl/N-ethyl adjacent to an activating group) is 1. The minimum Gasteiger partial charge on any atom is -0.306 e. The van der Waals surface area contributed by atoms with Crippen LogP contribution in [0.1, 0.15) is 13.8 Å². The normalized spacial score (nSPS) is 19.3. The topological polar surface area (TPSA) is 121 Å². The van der Waals surface area contributed by atoms with Gasteiger partial charge >= 0.3 is 17.9 Å². The molecule has 1 aliphatic rings.